The third kappa shape index (κ3) is 4.71. The van der Waals surface area contributed by atoms with Crippen LogP contribution in [0, 0.1) is 6.92 Å². The van der Waals surface area contributed by atoms with Crippen molar-refractivity contribution in [2.24, 2.45) is 0 Å². The molecule has 8 heteroatoms. The van der Waals surface area contributed by atoms with E-state index in [2.05, 4.69) is 25.4 Å². The molecule has 0 spiro atoms. The van der Waals surface area contributed by atoms with Crippen LogP contribution in [0.2, 0.25) is 0 Å². The van der Waals surface area contributed by atoms with Gasteiger partial charge in [0.25, 0.3) is 0 Å². The number of aryl methyl sites for hydroxylation is 1. The van der Waals surface area contributed by atoms with Gasteiger partial charge in [0.1, 0.15) is 0 Å². The molecule has 0 saturated carbocycles. The molecule has 0 bridgehead atoms. The van der Waals surface area contributed by atoms with Crippen LogP contribution in [0.1, 0.15) is 12.5 Å². The van der Waals surface area contributed by atoms with Gasteiger partial charge in [0.15, 0.2) is 5.75 Å². The van der Waals surface area contributed by atoms with Gasteiger partial charge in [-0.1, -0.05) is 15.9 Å². The summed E-state index contributed by atoms with van der Waals surface area (Å²) in [6, 6.07) is 3.30. The average molecular weight is 351 g/mol. The Bertz CT molecular complexity index is 563. The van der Waals surface area contributed by atoms with Crippen LogP contribution < -0.4 is 10.5 Å². The van der Waals surface area contributed by atoms with Crippen LogP contribution in [0.5, 0.6) is 0 Å². The van der Waals surface area contributed by atoms with Gasteiger partial charge in [-0.05, 0) is 31.5 Å². The lowest BCUT2D eigenvalue weighted by Gasteiger charge is -2.13. The van der Waals surface area contributed by atoms with Crippen LogP contribution in [0.4, 0.5) is 11.4 Å². The maximum absolute atomic E-state index is 11.8. The zero-order chi connectivity index (χ0) is 14.6. The SMILES string of the molecule is CCOC(=O)CS(=O)(=O)Nc1c(C)cc(Br)cc1N. The van der Waals surface area contributed by atoms with E-state index in [4.69, 9.17) is 5.73 Å². The van der Waals surface area contributed by atoms with Gasteiger partial charge in [-0.3, -0.25) is 9.52 Å². The van der Waals surface area contributed by atoms with Crippen molar-refractivity contribution in [3.8, 4) is 0 Å². The number of hydrogen-bond acceptors (Lipinski definition) is 5. The second-order valence-corrected chi connectivity index (χ2v) is 6.49. The lowest BCUT2D eigenvalue weighted by Crippen LogP contribution is -2.25. The van der Waals surface area contributed by atoms with Gasteiger partial charge in [-0.2, -0.15) is 0 Å². The van der Waals surface area contributed by atoms with E-state index in [-0.39, 0.29) is 18.0 Å². The number of sulfonamides is 1. The molecule has 19 heavy (non-hydrogen) atoms. The molecule has 1 rings (SSSR count). The van der Waals surface area contributed by atoms with Gasteiger partial charge in [0, 0.05) is 4.47 Å². The fourth-order valence-corrected chi connectivity index (χ4v) is 3.10. The first-order valence-corrected chi connectivity index (χ1v) is 7.91. The number of halogens is 1. The first-order valence-electron chi connectivity index (χ1n) is 5.47. The first-order chi connectivity index (χ1) is 8.75. The summed E-state index contributed by atoms with van der Waals surface area (Å²) in [7, 11) is -3.83. The minimum atomic E-state index is -3.83. The highest BCUT2D eigenvalue weighted by Crippen LogP contribution is 2.28. The topological polar surface area (TPSA) is 98.5 Å². The zero-order valence-corrected chi connectivity index (χ0v) is 13.0. The van der Waals surface area contributed by atoms with E-state index < -0.39 is 21.7 Å². The van der Waals surface area contributed by atoms with Crippen molar-refractivity contribution in [3.05, 3.63) is 22.2 Å². The number of nitrogens with two attached hydrogens (primary N) is 1. The molecule has 0 fully saturated rings. The minimum absolute atomic E-state index is 0.133. The summed E-state index contributed by atoms with van der Waals surface area (Å²) in [6.07, 6.45) is 0. The van der Waals surface area contributed by atoms with E-state index in [0.717, 1.165) is 4.47 Å². The fourth-order valence-electron chi connectivity index (χ4n) is 1.46. The molecule has 0 aromatic heterocycles. The Morgan fingerprint density at radius 3 is 2.63 bits per heavy atom. The Hall–Kier alpha value is -1.28. The molecule has 0 aliphatic rings. The van der Waals surface area contributed by atoms with Crippen molar-refractivity contribution in [2.75, 3.05) is 22.8 Å². The summed E-state index contributed by atoms with van der Waals surface area (Å²) in [6.45, 7) is 3.45. The van der Waals surface area contributed by atoms with Gasteiger partial charge < -0.3 is 10.5 Å². The number of rotatable bonds is 5. The molecule has 0 amide bonds. The molecule has 1 aromatic rings. The minimum Gasteiger partial charge on any atom is -0.465 e. The lowest BCUT2D eigenvalue weighted by atomic mass is 10.2. The van der Waals surface area contributed by atoms with Crippen molar-refractivity contribution in [2.45, 2.75) is 13.8 Å². The molecule has 0 radical (unpaired) electrons. The van der Waals surface area contributed by atoms with Crippen molar-refractivity contribution in [3.63, 3.8) is 0 Å². The van der Waals surface area contributed by atoms with E-state index in [1.54, 1.807) is 26.0 Å². The molecule has 0 saturated heterocycles. The van der Waals surface area contributed by atoms with Gasteiger partial charge in [0.2, 0.25) is 10.0 Å². The highest BCUT2D eigenvalue weighted by Gasteiger charge is 2.19. The van der Waals surface area contributed by atoms with Crippen LogP contribution in [0.25, 0.3) is 0 Å². The zero-order valence-electron chi connectivity index (χ0n) is 10.6. The number of nitrogens with one attached hydrogen (secondary N) is 1. The average Bonchev–Trinajstić information content (AvgIpc) is 2.23. The van der Waals surface area contributed by atoms with Crippen LogP contribution in [0.3, 0.4) is 0 Å². The number of hydrogen-bond donors (Lipinski definition) is 2. The largest absolute Gasteiger partial charge is 0.465 e. The highest BCUT2D eigenvalue weighted by molar-refractivity contribution is 9.10. The van der Waals surface area contributed by atoms with Crippen molar-refractivity contribution >= 4 is 43.3 Å². The summed E-state index contributed by atoms with van der Waals surface area (Å²) in [5, 5.41) is 0. The third-order valence-electron chi connectivity index (χ3n) is 2.20. The van der Waals surface area contributed by atoms with Gasteiger partial charge in [-0.15, -0.1) is 0 Å². The van der Waals surface area contributed by atoms with Crippen LogP contribution in [0.15, 0.2) is 16.6 Å². The first kappa shape index (κ1) is 15.8. The van der Waals surface area contributed by atoms with Gasteiger partial charge in [-0.25, -0.2) is 8.42 Å². The van der Waals surface area contributed by atoms with E-state index in [1.165, 1.54) is 0 Å². The highest BCUT2D eigenvalue weighted by atomic mass is 79.9. The van der Waals surface area contributed by atoms with Crippen LogP contribution in [-0.2, 0) is 19.6 Å². The second-order valence-electron chi connectivity index (χ2n) is 3.85. The van der Waals surface area contributed by atoms with E-state index >= 15 is 0 Å². The third-order valence-corrected chi connectivity index (χ3v) is 3.79. The van der Waals surface area contributed by atoms with E-state index in [9.17, 15) is 13.2 Å². The molecule has 0 aliphatic heterocycles. The molecule has 3 N–H and O–H groups in total. The fraction of sp³-hybridized carbons (Fsp3) is 0.364. The van der Waals surface area contributed by atoms with Crippen molar-refractivity contribution in [1.29, 1.82) is 0 Å². The van der Waals surface area contributed by atoms with E-state index in [1.807, 2.05) is 0 Å². The Labute approximate surface area is 120 Å². The Balaban J connectivity index is 2.93. The Morgan fingerprint density at radius 1 is 1.47 bits per heavy atom. The Kier molecular flexibility index (Phi) is 5.19. The number of nitrogen functional groups attached to an aromatic ring is 1. The summed E-state index contributed by atoms with van der Waals surface area (Å²) in [5.74, 6) is -1.54. The van der Waals surface area contributed by atoms with Crippen molar-refractivity contribution < 1.29 is 17.9 Å². The monoisotopic (exact) mass is 350 g/mol. The number of carbonyl (C=O) groups is 1. The van der Waals surface area contributed by atoms with E-state index in [0.29, 0.717) is 5.56 Å². The molecule has 106 valence electrons. The summed E-state index contributed by atoms with van der Waals surface area (Å²) >= 11 is 3.26. The van der Waals surface area contributed by atoms with Crippen LogP contribution >= 0.6 is 15.9 Å². The predicted octanol–water partition coefficient (Wildman–Crippen LogP) is 1.64. The number of esters is 1. The number of anilines is 2. The molecule has 0 atom stereocenters. The van der Waals surface area contributed by atoms with Crippen molar-refractivity contribution in [1.82, 2.24) is 0 Å². The molecule has 0 unspecified atom stereocenters. The number of benzene rings is 1. The van der Waals surface area contributed by atoms with Crippen LogP contribution in [-0.4, -0.2) is 26.7 Å². The number of carbonyl (C=O) groups excluding carboxylic acids is 1. The molecular formula is C11H15BrN2O4S. The summed E-state index contributed by atoms with van der Waals surface area (Å²) in [5.41, 5.74) is 6.95. The molecule has 6 nitrogen and oxygen atoms in total. The maximum Gasteiger partial charge on any atom is 0.323 e. The van der Waals surface area contributed by atoms with Gasteiger partial charge >= 0.3 is 5.97 Å². The standard InChI is InChI=1S/C11H15BrN2O4S/c1-3-18-10(15)6-19(16,17)14-11-7(2)4-8(12)5-9(11)13/h4-5,14H,3,6,13H2,1-2H3. The molecule has 1 aromatic carbocycles. The summed E-state index contributed by atoms with van der Waals surface area (Å²) < 4.78 is 31.2. The Morgan fingerprint density at radius 2 is 2.11 bits per heavy atom. The predicted molar refractivity (Wildman–Crippen MR) is 77.3 cm³/mol. The quantitative estimate of drug-likeness (QED) is 0.621. The molecule has 0 heterocycles. The second kappa shape index (κ2) is 6.25. The maximum atomic E-state index is 11.8. The normalized spacial score (nSPS) is 11.1. The smallest absolute Gasteiger partial charge is 0.323 e. The molecular weight excluding hydrogens is 336 g/mol. The lowest BCUT2D eigenvalue weighted by molar-refractivity contribution is -0.139. The summed E-state index contributed by atoms with van der Waals surface area (Å²) in [4.78, 5) is 11.2. The van der Waals surface area contributed by atoms with Gasteiger partial charge in [0.05, 0.1) is 18.0 Å². The number of ether oxygens (including phenoxy) is 1. The molecule has 0 aliphatic carbocycles.